The van der Waals surface area contributed by atoms with Gasteiger partial charge in [0.25, 0.3) is 5.91 Å². The molecule has 1 atom stereocenters. The Labute approximate surface area is 143 Å². The number of anilines is 1. The van der Waals surface area contributed by atoms with E-state index >= 15 is 0 Å². The molecule has 2 aliphatic rings. The summed E-state index contributed by atoms with van der Waals surface area (Å²) < 4.78 is 14.4. The molecule has 132 valence electrons. The SMILES string of the molecule is O=C1CCN(c2ccc(C(=O)NC3CCC(=O)NC3=O)cc2F)CC1. The van der Waals surface area contributed by atoms with Gasteiger partial charge in [-0.15, -0.1) is 0 Å². The van der Waals surface area contributed by atoms with Crippen molar-refractivity contribution in [2.75, 3.05) is 18.0 Å². The highest BCUT2D eigenvalue weighted by molar-refractivity contribution is 6.03. The molecule has 0 saturated carbocycles. The lowest BCUT2D eigenvalue weighted by atomic mass is 10.0. The van der Waals surface area contributed by atoms with E-state index in [1.165, 1.54) is 12.1 Å². The average Bonchev–Trinajstić information content (AvgIpc) is 2.58. The quantitative estimate of drug-likeness (QED) is 0.778. The number of imide groups is 1. The summed E-state index contributed by atoms with van der Waals surface area (Å²) in [7, 11) is 0. The second-order valence-electron chi connectivity index (χ2n) is 6.17. The van der Waals surface area contributed by atoms with Crippen LogP contribution in [0.4, 0.5) is 10.1 Å². The van der Waals surface area contributed by atoms with Crippen LogP contribution in [0.1, 0.15) is 36.0 Å². The molecule has 0 aromatic heterocycles. The maximum atomic E-state index is 14.4. The summed E-state index contributed by atoms with van der Waals surface area (Å²) in [6, 6.07) is 3.30. The minimum Gasteiger partial charge on any atom is -0.368 e. The van der Waals surface area contributed by atoms with Gasteiger partial charge in [-0.1, -0.05) is 0 Å². The number of carbonyl (C=O) groups is 4. The lowest BCUT2D eigenvalue weighted by Gasteiger charge is -2.28. The first kappa shape index (κ1) is 17.1. The van der Waals surface area contributed by atoms with Crippen molar-refractivity contribution in [1.29, 1.82) is 0 Å². The molecule has 7 nitrogen and oxygen atoms in total. The first-order valence-corrected chi connectivity index (χ1v) is 8.15. The van der Waals surface area contributed by atoms with Crippen LogP contribution in [0.3, 0.4) is 0 Å². The normalized spacial score (nSPS) is 21.1. The predicted octanol–water partition coefficient (Wildman–Crippen LogP) is 0.530. The number of carbonyl (C=O) groups excluding carboxylic acids is 4. The Balaban J connectivity index is 1.67. The number of Topliss-reactive ketones (excluding diaryl/α,β-unsaturated/α-hetero) is 1. The van der Waals surface area contributed by atoms with E-state index in [0.717, 1.165) is 6.07 Å². The summed E-state index contributed by atoms with van der Waals surface area (Å²) in [6.45, 7) is 0.912. The molecule has 3 rings (SSSR count). The Kier molecular flexibility index (Phi) is 4.78. The highest BCUT2D eigenvalue weighted by atomic mass is 19.1. The van der Waals surface area contributed by atoms with Gasteiger partial charge in [-0.2, -0.15) is 0 Å². The summed E-state index contributed by atoms with van der Waals surface area (Å²) in [4.78, 5) is 48.1. The van der Waals surface area contributed by atoms with E-state index in [1.54, 1.807) is 4.90 Å². The van der Waals surface area contributed by atoms with Crippen molar-refractivity contribution in [3.8, 4) is 0 Å². The molecule has 3 amide bonds. The molecule has 25 heavy (non-hydrogen) atoms. The van der Waals surface area contributed by atoms with Crippen molar-refractivity contribution in [3.63, 3.8) is 0 Å². The monoisotopic (exact) mass is 347 g/mol. The largest absolute Gasteiger partial charge is 0.368 e. The van der Waals surface area contributed by atoms with Gasteiger partial charge in [-0.25, -0.2) is 4.39 Å². The van der Waals surface area contributed by atoms with Crippen LogP contribution >= 0.6 is 0 Å². The number of amides is 3. The Hall–Kier alpha value is -2.77. The lowest BCUT2D eigenvalue weighted by molar-refractivity contribution is -0.134. The standard InChI is InChI=1S/C17H18FN3O4/c18-12-9-10(1-3-14(12)21-7-5-11(22)6-8-21)16(24)19-13-2-4-15(23)20-17(13)25/h1,3,9,13H,2,4-8H2,(H,19,24)(H,20,23,25). The van der Waals surface area contributed by atoms with E-state index in [4.69, 9.17) is 0 Å². The lowest BCUT2D eigenvalue weighted by Crippen LogP contribution is -2.52. The Bertz CT molecular complexity index is 739. The van der Waals surface area contributed by atoms with Crippen molar-refractivity contribution in [2.45, 2.75) is 31.7 Å². The van der Waals surface area contributed by atoms with Crippen molar-refractivity contribution in [1.82, 2.24) is 10.6 Å². The number of rotatable bonds is 3. The molecule has 0 bridgehead atoms. The van der Waals surface area contributed by atoms with Gasteiger partial charge in [0.2, 0.25) is 11.8 Å². The number of benzene rings is 1. The van der Waals surface area contributed by atoms with Crippen molar-refractivity contribution in [2.24, 2.45) is 0 Å². The molecule has 1 unspecified atom stereocenters. The molecular weight excluding hydrogens is 329 g/mol. The van der Waals surface area contributed by atoms with Gasteiger partial charge in [0.15, 0.2) is 0 Å². The van der Waals surface area contributed by atoms with E-state index in [1.807, 2.05) is 0 Å². The van der Waals surface area contributed by atoms with Crippen LogP contribution in [-0.2, 0) is 14.4 Å². The maximum Gasteiger partial charge on any atom is 0.252 e. The fraction of sp³-hybridized carbons (Fsp3) is 0.412. The van der Waals surface area contributed by atoms with Crippen LogP contribution in [0.5, 0.6) is 0 Å². The zero-order chi connectivity index (χ0) is 18.0. The number of hydrogen-bond donors (Lipinski definition) is 2. The molecule has 2 fully saturated rings. The summed E-state index contributed by atoms with van der Waals surface area (Å²) in [6.07, 6.45) is 1.14. The van der Waals surface area contributed by atoms with E-state index in [2.05, 4.69) is 10.6 Å². The molecule has 1 aromatic carbocycles. The van der Waals surface area contributed by atoms with Crippen LogP contribution in [0.25, 0.3) is 0 Å². The topological polar surface area (TPSA) is 95.6 Å². The van der Waals surface area contributed by atoms with Gasteiger partial charge in [-0.05, 0) is 24.6 Å². The predicted molar refractivity (Wildman–Crippen MR) is 86.5 cm³/mol. The number of piperidine rings is 2. The summed E-state index contributed by atoms with van der Waals surface area (Å²) in [5.41, 5.74) is 0.448. The Morgan fingerprint density at radius 2 is 1.88 bits per heavy atom. The molecule has 2 aliphatic heterocycles. The van der Waals surface area contributed by atoms with Crippen LogP contribution in [0.2, 0.25) is 0 Å². The van der Waals surface area contributed by atoms with E-state index < -0.39 is 23.7 Å². The summed E-state index contributed by atoms with van der Waals surface area (Å²) in [5, 5.41) is 4.66. The first-order valence-electron chi connectivity index (χ1n) is 8.15. The molecule has 2 saturated heterocycles. The molecule has 8 heteroatoms. The van der Waals surface area contributed by atoms with Gasteiger partial charge in [0.05, 0.1) is 5.69 Å². The molecular formula is C17H18FN3O4. The van der Waals surface area contributed by atoms with Crippen LogP contribution < -0.4 is 15.5 Å². The molecule has 2 heterocycles. The number of nitrogens with zero attached hydrogens (tertiary/aromatic N) is 1. The van der Waals surface area contributed by atoms with Crippen molar-refractivity contribution >= 4 is 29.2 Å². The van der Waals surface area contributed by atoms with Gasteiger partial charge in [0, 0.05) is 37.9 Å². The zero-order valence-corrected chi connectivity index (χ0v) is 13.5. The Morgan fingerprint density at radius 1 is 1.16 bits per heavy atom. The van der Waals surface area contributed by atoms with E-state index in [-0.39, 0.29) is 30.1 Å². The highest BCUT2D eigenvalue weighted by Gasteiger charge is 2.28. The Morgan fingerprint density at radius 3 is 2.52 bits per heavy atom. The van der Waals surface area contributed by atoms with Crippen LogP contribution in [-0.4, -0.2) is 42.6 Å². The number of halogens is 1. The minimum atomic E-state index is -0.805. The van der Waals surface area contributed by atoms with Gasteiger partial charge in [-0.3, -0.25) is 24.5 Å². The van der Waals surface area contributed by atoms with Crippen LogP contribution in [0, 0.1) is 5.82 Å². The minimum absolute atomic E-state index is 0.0963. The third kappa shape index (κ3) is 3.84. The second-order valence-corrected chi connectivity index (χ2v) is 6.17. The third-order valence-electron chi connectivity index (χ3n) is 4.42. The number of ketones is 1. The molecule has 0 spiro atoms. The molecule has 0 aliphatic carbocycles. The number of hydrogen-bond acceptors (Lipinski definition) is 5. The van der Waals surface area contributed by atoms with Crippen LogP contribution in [0.15, 0.2) is 18.2 Å². The third-order valence-corrected chi connectivity index (χ3v) is 4.42. The van der Waals surface area contributed by atoms with Gasteiger partial charge in [0.1, 0.15) is 17.6 Å². The van der Waals surface area contributed by atoms with Gasteiger partial charge < -0.3 is 10.2 Å². The highest BCUT2D eigenvalue weighted by Crippen LogP contribution is 2.23. The van der Waals surface area contributed by atoms with E-state index in [9.17, 15) is 23.6 Å². The summed E-state index contributed by atoms with van der Waals surface area (Å²) in [5.74, 6) is -1.89. The number of nitrogens with one attached hydrogen (secondary N) is 2. The smallest absolute Gasteiger partial charge is 0.252 e. The van der Waals surface area contributed by atoms with Crippen molar-refractivity contribution < 1.29 is 23.6 Å². The zero-order valence-electron chi connectivity index (χ0n) is 13.5. The first-order chi connectivity index (χ1) is 11.9. The fourth-order valence-corrected chi connectivity index (χ4v) is 2.97. The second kappa shape index (κ2) is 7.00. The van der Waals surface area contributed by atoms with Crippen molar-refractivity contribution in [3.05, 3.63) is 29.6 Å². The summed E-state index contributed by atoms with van der Waals surface area (Å²) >= 11 is 0. The fourth-order valence-electron chi connectivity index (χ4n) is 2.97. The molecule has 2 N–H and O–H groups in total. The van der Waals surface area contributed by atoms with Gasteiger partial charge >= 0.3 is 0 Å². The maximum absolute atomic E-state index is 14.4. The van der Waals surface area contributed by atoms with E-state index in [0.29, 0.717) is 31.6 Å². The average molecular weight is 347 g/mol. The molecule has 0 radical (unpaired) electrons. The molecule has 1 aromatic rings.